The highest BCUT2D eigenvalue weighted by atomic mass is 16.8. The summed E-state index contributed by atoms with van der Waals surface area (Å²) in [4.78, 5) is 7.32. The van der Waals surface area contributed by atoms with Crippen LogP contribution < -0.4 is 0 Å². The Morgan fingerprint density at radius 1 is 1.33 bits per heavy atom. The minimum absolute atomic E-state index is 0.211. The van der Waals surface area contributed by atoms with E-state index in [9.17, 15) is 0 Å². The minimum Gasteiger partial charge on any atom is -0.488 e. The Hall–Kier alpha value is -2.19. The van der Waals surface area contributed by atoms with Crippen molar-refractivity contribution in [2.75, 3.05) is 6.61 Å². The smallest absolute Gasteiger partial charge is 0.488 e. The summed E-state index contributed by atoms with van der Waals surface area (Å²) in [5.41, 5.74) is -0.868. The quantitative estimate of drug-likeness (QED) is 0.415. The lowest BCUT2D eigenvalue weighted by Gasteiger charge is -2.43. The Labute approximate surface area is 105 Å². The van der Waals surface area contributed by atoms with Crippen LogP contribution in [0.15, 0.2) is 9.98 Å². The zero-order valence-electron chi connectivity index (χ0n) is 9.79. The van der Waals surface area contributed by atoms with Crippen molar-refractivity contribution in [2.45, 2.75) is 19.8 Å². The molecule has 0 N–H and O–H groups in total. The second-order valence-corrected chi connectivity index (χ2v) is 3.90. The zero-order valence-corrected chi connectivity index (χ0v) is 9.79. The van der Waals surface area contributed by atoms with Gasteiger partial charge in [0.25, 0.3) is 0 Å². The van der Waals surface area contributed by atoms with Gasteiger partial charge in [0.15, 0.2) is 0 Å². The number of nitrogens with zero attached hydrogens (tertiary/aromatic N) is 4. The summed E-state index contributed by atoms with van der Waals surface area (Å²) in [6.07, 6.45) is 6.63. The van der Waals surface area contributed by atoms with Crippen LogP contribution in [0.3, 0.4) is 0 Å². The largest absolute Gasteiger partial charge is 0.789 e. The van der Waals surface area contributed by atoms with Crippen molar-refractivity contribution in [3.63, 3.8) is 0 Å². The van der Waals surface area contributed by atoms with Gasteiger partial charge in [-0.2, -0.15) is 10.5 Å². The predicted molar refractivity (Wildman–Crippen MR) is 61.6 cm³/mol. The molecule has 3 fully saturated rings. The highest BCUT2D eigenvalue weighted by molar-refractivity contribution is 6.47. The molecule has 90 valence electrons. The predicted octanol–water partition coefficient (Wildman–Crippen LogP) is 0.798. The van der Waals surface area contributed by atoms with Gasteiger partial charge in [0.2, 0.25) is 24.2 Å². The second-order valence-electron chi connectivity index (χ2n) is 3.90. The average Bonchev–Trinajstić information content (AvgIpc) is 2.39. The summed E-state index contributed by atoms with van der Waals surface area (Å²) in [5, 5.41) is 17.4. The molecule has 3 aliphatic rings. The summed E-state index contributed by atoms with van der Waals surface area (Å²) < 4.78 is 15.9. The summed E-state index contributed by atoms with van der Waals surface area (Å²) in [5.74, 6) is 0.423. The van der Waals surface area contributed by atoms with E-state index >= 15 is 0 Å². The third kappa shape index (κ3) is 1.87. The van der Waals surface area contributed by atoms with Gasteiger partial charge in [-0.25, -0.2) is 0 Å². The average molecular weight is 245 g/mol. The number of aliphatic imine (C=N–C) groups is 2. The molecule has 0 unspecified atom stereocenters. The van der Waals surface area contributed by atoms with E-state index in [0.29, 0.717) is 6.42 Å². The van der Waals surface area contributed by atoms with Gasteiger partial charge in [-0.1, -0.05) is 0 Å². The Morgan fingerprint density at radius 2 is 1.94 bits per heavy atom. The molecule has 7 nitrogen and oxygen atoms in total. The molecular formula is C10H10BN4O3+. The molecule has 0 saturated carbocycles. The molecule has 18 heavy (non-hydrogen) atoms. The van der Waals surface area contributed by atoms with Crippen LogP contribution in [0, 0.1) is 34.7 Å². The van der Waals surface area contributed by atoms with E-state index in [1.54, 1.807) is 12.4 Å². The van der Waals surface area contributed by atoms with E-state index in [4.69, 9.17) is 24.5 Å². The van der Waals surface area contributed by atoms with Crippen LogP contribution in [0.5, 0.6) is 0 Å². The number of rotatable bonds is 3. The highest BCUT2D eigenvalue weighted by Gasteiger charge is 2.59. The molecule has 0 radical (unpaired) electrons. The van der Waals surface area contributed by atoms with Crippen molar-refractivity contribution >= 4 is 19.1 Å². The first-order valence-corrected chi connectivity index (χ1v) is 5.44. The first-order valence-electron chi connectivity index (χ1n) is 5.44. The lowest BCUT2D eigenvalue weighted by molar-refractivity contribution is 0.0674. The molecule has 0 aliphatic carbocycles. The fraction of sp³-hybridized carbons (Fsp3) is 0.500. The van der Waals surface area contributed by atoms with E-state index in [-0.39, 0.29) is 18.4 Å². The monoisotopic (exact) mass is 245 g/mol. The normalized spacial score (nSPS) is 29.4. The molecule has 0 atom stereocenters. The van der Waals surface area contributed by atoms with Crippen LogP contribution in [0.4, 0.5) is 0 Å². The Balaban J connectivity index is 2.40. The first kappa shape index (κ1) is 12.3. The summed E-state index contributed by atoms with van der Waals surface area (Å²) in [7, 11) is -0.975. The highest BCUT2D eigenvalue weighted by Crippen LogP contribution is 2.39. The summed E-state index contributed by atoms with van der Waals surface area (Å²) in [6, 6.07) is 0. The number of hydrogen-bond acceptors (Lipinski definition) is 7. The maximum Gasteiger partial charge on any atom is 0.789 e. The third-order valence-corrected chi connectivity index (χ3v) is 2.86. The third-order valence-electron chi connectivity index (χ3n) is 2.86. The van der Waals surface area contributed by atoms with Crippen molar-refractivity contribution < 1.29 is 14.0 Å². The molecule has 2 bridgehead atoms. The second kappa shape index (κ2) is 4.99. The molecule has 3 saturated heterocycles. The molecule has 3 heterocycles. The molecule has 0 aromatic carbocycles. The van der Waals surface area contributed by atoms with Crippen molar-refractivity contribution in [3.05, 3.63) is 6.42 Å². The van der Waals surface area contributed by atoms with Gasteiger partial charge in [-0.15, -0.1) is 9.98 Å². The standard InChI is InChI=1S/C10H10BN4O3/c1-2-3-4-10-5-16-11(17-8(10)14-6-12)18-9(10)15-7-13/h2H,3-5H2,1H3/q+1. The van der Waals surface area contributed by atoms with E-state index in [1.165, 1.54) is 0 Å². The summed E-state index contributed by atoms with van der Waals surface area (Å²) in [6.45, 7) is 2.16. The van der Waals surface area contributed by atoms with Gasteiger partial charge in [0.05, 0.1) is 26.4 Å². The van der Waals surface area contributed by atoms with Crippen molar-refractivity contribution in [1.82, 2.24) is 0 Å². The van der Waals surface area contributed by atoms with E-state index in [2.05, 4.69) is 9.98 Å². The molecule has 3 aliphatic heterocycles. The van der Waals surface area contributed by atoms with Crippen LogP contribution in [-0.2, 0) is 14.0 Å². The SMILES string of the molecule is C[CH+]CCC12COB(OC1=NC#N)OC2=NC#N. The van der Waals surface area contributed by atoms with Gasteiger partial charge in [-0.05, 0) is 0 Å². The lowest BCUT2D eigenvalue weighted by Crippen LogP contribution is -2.61. The van der Waals surface area contributed by atoms with Gasteiger partial charge >= 0.3 is 7.32 Å². The number of hydrogen-bond donors (Lipinski definition) is 0. The number of nitriles is 2. The molecule has 0 aromatic heterocycles. The molecule has 0 aromatic rings. The Morgan fingerprint density at radius 3 is 2.44 bits per heavy atom. The first-order chi connectivity index (χ1) is 8.76. The van der Waals surface area contributed by atoms with Gasteiger partial charge in [-0.3, -0.25) is 0 Å². The lowest BCUT2D eigenvalue weighted by atomic mass is 9.78. The number of fused-ring (bicyclic) bond motifs is 3. The fourth-order valence-electron chi connectivity index (χ4n) is 1.96. The number of unbranched alkanes of at least 4 members (excludes halogenated alkanes) is 1. The Bertz CT molecular complexity index is 442. The topological polar surface area (TPSA) is 100.0 Å². The van der Waals surface area contributed by atoms with E-state index in [1.807, 2.05) is 13.3 Å². The maximum absolute atomic E-state index is 8.69. The van der Waals surface area contributed by atoms with E-state index in [0.717, 1.165) is 6.42 Å². The zero-order chi connectivity index (χ0) is 13.0. The molecule has 8 heteroatoms. The van der Waals surface area contributed by atoms with E-state index < -0.39 is 12.7 Å². The molecular weight excluding hydrogens is 235 g/mol. The Kier molecular flexibility index (Phi) is 3.40. The molecule has 0 spiro atoms. The van der Waals surface area contributed by atoms with Crippen LogP contribution in [0.25, 0.3) is 0 Å². The van der Waals surface area contributed by atoms with Crippen molar-refractivity contribution in [3.8, 4) is 12.4 Å². The van der Waals surface area contributed by atoms with Crippen LogP contribution >= 0.6 is 0 Å². The van der Waals surface area contributed by atoms with Gasteiger partial charge < -0.3 is 14.0 Å². The molecule has 3 rings (SSSR count). The van der Waals surface area contributed by atoms with Crippen LogP contribution in [-0.4, -0.2) is 25.7 Å². The van der Waals surface area contributed by atoms with Crippen molar-refractivity contribution in [1.29, 1.82) is 10.5 Å². The fourth-order valence-corrected chi connectivity index (χ4v) is 1.96. The van der Waals surface area contributed by atoms with Crippen LogP contribution in [0.1, 0.15) is 19.8 Å². The van der Waals surface area contributed by atoms with Crippen LogP contribution in [0.2, 0.25) is 0 Å². The summed E-state index contributed by atoms with van der Waals surface area (Å²) >= 11 is 0. The minimum atomic E-state index is -0.975. The van der Waals surface area contributed by atoms with Gasteiger partial charge in [0.1, 0.15) is 5.41 Å². The molecule has 0 amide bonds. The van der Waals surface area contributed by atoms with Gasteiger partial charge in [0, 0.05) is 6.42 Å². The van der Waals surface area contributed by atoms with Crippen molar-refractivity contribution in [2.24, 2.45) is 15.4 Å². The maximum atomic E-state index is 8.69.